The van der Waals surface area contributed by atoms with Crippen molar-refractivity contribution in [2.75, 3.05) is 6.54 Å². The van der Waals surface area contributed by atoms with Gasteiger partial charge in [-0.25, -0.2) is 4.99 Å². The Kier molecular flexibility index (Phi) is 6.21. The van der Waals surface area contributed by atoms with E-state index in [2.05, 4.69) is 32.7 Å². The van der Waals surface area contributed by atoms with Gasteiger partial charge in [-0.1, -0.05) is 29.8 Å². The number of benzene rings is 1. The Morgan fingerprint density at radius 2 is 2.09 bits per heavy atom. The fourth-order valence-electron chi connectivity index (χ4n) is 1.98. The molecule has 22 heavy (non-hydrogen) atoms. The molecule has 6 nitrogen and oxygen atoms in total. The van der Waals surface area contributed by atoms with Crippen LogP contribution in [0, 0.1) is 0 Å². The maximum absolute atomic E-state index is 6.15. The van der Waals surface area contributed by atoms with Gasteiger partial charge in [0, 0.05) is 18.1 Å². The standard InChI is InChI=1S/C15H21ClN6/c1-3-17-15(18-9-12-7-5-6-8-13(12)16)19-10-14-21-20-11-22(14)4-2/h5-8,11H,3-4,9-10H2,1-2H3,(H2,17,18,19). The molecule has 7 heteroatoms. The lowest BCUT2D eigenvalue weighted by molar-refractivity contribution is 0.670. The number of rotatable bonds is 6. The molecule has 0 aliphatic carbocycles. The van der Waals surface area contributed by atoms with Crippen LogP contribution in [0.25, 0.3) is 0 Å². The van der Waals surface area contributed by atoms with E-state index in [-0.39, 0.29) is 0 Å². The van der Waals surface area contributed by atoms with Crippen LogP contribution in [0.1, 0.15) is 25.2 Å². The molecule has 0 bridgehead atoms. The van der Waals surface area contributed by atoms with E-state index in [0.29, 0.717) is 13.1 Å². The van der Waals surface area contributed by atoms with Gasteiger partial charge in [-0.3, -0.25) is 0 Å². The van der Waals surface area contributed by atoms with Crippen molar-refractivity contribution in [2.45, 2.75) is 33.5 Å². The highest BCUT2D eigenvalue weighted by molar-refractivity contribution is 6.31. The van der Waals surface area contributed by atoms with Gasteiger partial charge in [-0.2, -0.15) is 0 Å². The van der Waals surface area contributed by atoms with E-state index in [4.69, 9.17) is 11.6 Å². The number of aromatic nitrogens is 3. The molecule has 0 saturated carbocycles. The molecule has 1 aromatic carbocycles. The summed E-state index contributed by atoms with van der Waals surface area (Å²) in [4.78, 5) is 4.55. The molecule has 0 amide bonds. The first-order chi connectivity index (χ1) is 10.7. The Labute approximate surface area is 135 Å². The van der Waals surface area contributed by atoms with Gasteiger partial charge in [0.25, 0.3) is 0 Å². The van der Waals surface area contributed by atoms with Gasteiger partial charge in [-0.05, 0) is 25.5 Å². The van der Waals surface area contributed by atoms with Crippen LogP contribution in [0.5, 0.6) is 0 Å². The smallest absolute Gasteiger partial charge is 0.191 e. The number of nitrogens with one attached hydrogen (secondary N) is 2. The third kappa shape index (κ3) is 4.46. The fraction of sp³-hybridized carbons (Fsp3) is 0.400. The summed E-state index contributed by atoms with van der Waals surface area (Å²) in [5, 5.41) is 15.2. The molecule has 0 aliphatic heterocycles. The Bertz CT molecular complexity index is 622. The van der Waals surface area contributed by atoms with Crippen LogP contribution in [0.3, 0.4) is 0 Å². The zero-order chi connectivity index (χ0) is 15.8. The molecule has 1 heterocycles. The summed E-state index contributed by atoms with van der Waals surface area (Å²) in [6, 6.07) is 7.72. The van der Waals surface area contributed by atoms with Crippen LogP contribution < -0.4 is 10.6 Å². The largest absolute Gasteiger partial charge is 0.357 e. The number of nitrogens with zero attached hydrogens (tertiary/aromatic N) is 4. The van der Waals surface area contributed by atoms with Crippen molar-refractivity contribution in [3.63, 3.8) is 0 Å². The lowest BCUT2D eigenvalue weighted by Gasteiger charge is -2.11. The van der Waals surface area contributed by atoms with E-state index in [9.17, 15) is 0 Å². The molecule has 2 aromatic rings. The number of aliphatic imine (C=N–C) groups is 1. The van der Waals surface area contributed by atoms with E-state index < -0.39 is 0 Å². The molecule has 0 spiro atoms. The normalized spacial score (nSPS) is 11.5. The molecular weight excluding hydrogens is 300 g/mol. The van der Waals surface area contributed by atoms with E-state index in [0.717, 1.165) is 35.5 Å². The first-order valence-corrected chi connectivity index (χ1v) is 7.74. The monoisotopic (exact) mass is 320 g/mol. The number of halogens is 1. The Balaban J connectivity index is 2.00. The molecule has 118 valence electrons. The van der Waals surface area contributed by atoms with Crippen LogP contribution in [-0.4, -0.2) is 27.3 Å². The predicted molar refractivity (Wildman–Crippen MR) is 88.8 cm³/mol. The highest BCUT2D eigenvalue weighted by atomic mass is 35.5. The summed E-state index contributed by atoms with van der Waals surface area (Å²) < 4.78 is 1.99. The van der Waals surface area contributed by atoms with Crippen molar-refractivity contribution in [3.8, 4) is 0 Å². The van der Waals surface area contributed by atoms with Crippen LogP contribution >= 0.6 is 11.6 Å². The van der Waals surface area contributed by atoms with Crippen LogP contribution in [0.2, 0.25) is 5.02 Å². The highest BCUT2D eigenvalue weighted by Crippen LogP contribution is 2.15. The number of hydrogen-bond donors (Lipinski definition) is 2. The summed E-state index contributed by atoms with van der Waals surface area (Å²) in [5.41, 5.74) is 0.998. The van der Waals surface area contributed by atoms with Gasteiger partial charge in [0.2, 0.25) is 0 Å². The minimum atomic E-state index is 0.523. The van der Waals surface area contributed by atoms with Gasteiger partial charge in [0.05, 0.1) is 13.1 Å². The molecule has 1 aromatic heterocycles. The second kappa shape index (κ2) is 8.38. The molecular formula is C15H21ClN6. The molecule has 0 aliphatic rings. The first kappa shape index (κ1) is 16.3. The average Bonchev–Trinajstić information content (AvgIpc) is 2.99. The summed E-state index contributed by atoms with van der Waals surface area (Å²) in [7, 11) is 0. The maximum atomic E-state index is 6.15. The third-order valence-electron chi connectivity index (χ3n) is 3.16. The second-order valence-corrected chi connectivity index (χ2v) is 5.08. The lowest BCUT2D eigenvalue weighted by Crippen LogP contribution is -2.37. The highest BCUT2D eigenvalue weighted by Gasteiger charge is 2.04. The molecule has 0 fully saturated rings. The number of hydrogen-bond acceptors (Lipinski definition) is 3. The van der Waals surface area contributed by atoms with Crippen molar-refractivity contribution < 1.29 is 0 Å². The zero-order valence-corrected chi connectivity index (χ0v) is 13.6. The molecule has 0 saturated heterocycles. The summed E-state index contributed by atoms with van der Waals surface area (Å²) in [6.45, 7) is 6.81. The van der Waals surface area contributed by atoms with Crippen LogP contribution in [-0.2, 0) is 19.6 Å². The van der Waals surface area contributed by atoms with Crippen molar-refractivity contribution in [1.29, 1.82) is 0 Å². The number of aryl methyl sites for hydroxylation is 1. The van der Waals surface area contributed by atoms with E-state index in [1.165, 1.54) is 0 Å². The summed E-state index contributed by atoms with van der Waals surface area (Å²) in [6.07, 6.45) is 1.73. The molecule has 2 rings (SSSR count). The zero-order valence-electron chi connectivity index (χ0n) is 12.9. The second-order valence-electron chi connectivity index (χ2n) is 4.67. The summed E-state index contributed by atoms with van der Waals surface area (Å²) >= 11 is 6.15. The van der Waals surface area contributed by atoms with Gasteiger partial charge >= 0.3 is 0 Å². The third-order valence-corrected chi connectivity index (χ3v) is 3.53. The van der Waals surface area contributed by atoms with Crippen molar-refractivity contribution >= 4 is 17.6 Å². The first-order valence-electron chi connectivity index (χ1n) is 7.36. The van der Waals surface area contributed by atoms with E-state index in [1.807, 2.05) is 35.8 Å². The maximum Gasteiger partial charge on any atom is 0.191 e. The average molecular weight is 321 g/mol. The summed E-state index contributed by atoms with van der Waals surface area (Å²) in [5.74, 6) is 1.61. The molecule has 0 unspecified atom stereocenters. The Morgan fingerprint density at radius 1 is 1.27 bits per heavy atom. The van der Waals surface area contributed by atoms with Crippen molar-refractivity contribution in [2.24, 2.45) is 4.99 Å². The van der Waals surface area contributed by atoms with Gasteiger partial charge < -0.3 is 15.2 Å². The topological polar surface area (TPSA) is 67.1 Å². The molecule has 0 radical (unpaired) electrons. The van der Waals surface area contributed by atoms with E-state index in [1.54, 1.807) is 6.33 Å². The van der Waals surface area contributed by atoms with Gasteiger partial charge in [-0.15, -0.1) is 10.2 Å². The minimum absolute atomic E-state index is 0.523. The fourth-order valence-corrected chi connectivity index (χ4v) is 2.17. The van der Waals surface area contributed by atoms with Crippen molar-refractivity contribution in [1.82, 2.24) is 25.4 Å². The van der Waals surface area contributed by atoms with E-state index >= 15 is 0 Å². The van der Waals surface area contributed by atoms with Crippen LogP contribution in [0.15, 0.2) is 35.6 Å². The minimum Gasteiger partial charge on any atom is -0.357 e. The molecule has 0 atom stereocenters. The van der Waals surface area contributed by atoms with Gasteiger partial charge in [0.1, 0.15) is 6.33 Å². The lowest BCUT2D eigenvalue weighted by atomic mass is 10.2. The quantitative estimate of drug-likeness (QED) is 0.632. The SMILES string of the molecule is CCNC(=NCc1ccccc1Cl)NCc1nncn1CC. The molecule has 2 N–H and O–H groups in total. The van der Waals surface area contributed by atoms with Crippen LogP contribution in [0.4, 0.5) is 0 Å². The number of guanidine groups is 1. The van der Waals surface area contributed by atoms with Crippen molar-refractivity contribution in [3.05, 3.63) is 47.0 Å². The van der Waals surface area contributed by atoms with Gasteiger partial charge in [0.15, 0.2) is 11.8 Å². The Morgan fingerprint density at radius 3 is 2.82 bits per heavy atom. The Hall–Kier alpha value is -2.08. The predicted octanol–water partition coefficient (Wildman–Crippen LogP) is 2.21.